The summed E-state index contributed by atoms with van der Waals surface area (Å²) in [5, 5.41) is 4.71. The molecule has 0 aliphatic carbocycles. The second-order valence-corrected chi connectivity index (χ2v) is 3.88. The Morgan fingerprint density at radius 3 is 1.89 bits per heavy atom. The van der Waals surface area contributed by atoms with Crippen LogP contribution in [0.5, 0.6) is 0 Å². The summed E-state index contributed by atoms with van der Waals surface area (Å²) in [6.45, 7) is 3.62. The first kappa shape index (κ1) is 12.6. The summed E-state index contributed by atoms with van der Waals surface area (Å²) in [5.41, 5.74) is 0. The van der Waals surface area contributed by atoms with Gasteiger partial charge in [0.1, 0.15) is 0 Å². The second kappa shape index (κ2) is 4.68. The van der Waals surface area contributed by atoms with E-state index in [1.54, 1.807) is 0 Å². The van der Waals surface area contributed by atoms with Gasteiger partial charge in [-0.3, -0.25) is 0 Å². The molecule has 0 aromatic rings. The zero-order valence-electron chi connectivity index (χ0n) is 7.09. The van der Waals surface area contributed by atoms with Gasteiger partial charge in [0, 0.05) is 0 Å². The van der Waals surface area contributed by atoms with E-state index in [9.17, 15) is 8.42 Å². The van der Waals surface area contributed by atoms with Crippen molar-refractivity contribution in [1.29, 1.82) is 0 Å². The van der Waals surface area contributed by atoms with Gasteiger partial charge < -0.3 is 1.43 Å². The van der Waals surface area contributed by atoms with Gasteiger partial charge in [0.05, 0.1) is 5.75 Å². The van der Waals surface area contributed by atoms with Crippen molar-refractivity contribution in [3.05, 3.63) is 0 Å². The SMILES string of the molecule is CC(C)CS(N)(=O)=O.[H-].[Na+]. The molecule has 0 saturated carbocycles. The van der Waals surface area contributed by atoms with Crippen LogP contribution in [0.15, 0.2) is 0 Å². The molecule has 0 fully saturated rings. The molecule has 0 saturated heterocycles. The minimum absolute atomic E-state index is 0. The van der Waals surface area contributed by atoms with Crippen LogP contribution < -0.4 is 34.7 Å². The summed E-state index contributed by atoms with van der Waals surface area (Å²) < 4.78 is 20.4. The molecule has 0 unspecified atom stereocenters. The number of rotatable bonds is 2. The topological polar surface area (TPSA) is 60.2 Å². The third-order valence-electron chi connectivity index (χ3n) is 0.566. The Morgan fingerprint density at radius 1 is 1.56 bits per heavy atom. The molecule has 0 spiro atoms. The summed E-state index contributed by atoms with van der Waals surface area (Å²) >= 11 is 0. The summed E-state index contributed by atoms with van der Waals surface area (Å²) in [4.78, 5) is 0. The number of hydrogen-bond donors (Lipinski definition) is 1. The maximum absolute atomic E-state index is 10.2. The summed E-state index contributed by atoms with van der Waals surface area (Å²) in [6.07, 6.45) is 0. The van der Waals surface area contributed by atoms with Crippen LogP contribution in [0.25, 0.3) is 0 Å². The van der Waals surface area contributed by atoms with Crippen LogP contribution >= 0.6 is 0 Å². The third kappa shape index (κ3) is 12.2. The van der Waals surface area contributed by atoms with E-state index in [2.05, 4.69) is 0 Å². The van der Waals surface area contributed by atoms with Gasteiger partial charge in [-0.25, -0.2) is 13.6 Å². The number of hydrogen-bond acceptors (Lipinski definition) is 2. The van der Waals surface area contributed by atoms with Crippen LogP contribution in [0.3, 0.4) is 0 Å². The largest absolute Gasteiger partial charge is 1.00 e. The van der Waals surface area contributed by atoms with Gasteiger partial charge in [-0.05, 0) is 5.92 Å². The Morgan fingerprint density at radius 2 is 1.89 bits per heavy atom. The molecule has 0 rings (SSSR count). The van der Waals surface area contributed by atoms with Crippen molar-refractivity contribution >= 4 is 10.0 Å². The average Bonchev–Trinajstić information content (AvgIpc) is 1.21. The summed E-state index contributed by atoms with van der Waals surface area (Å²) in [7, 11) is -3.22. The molecular weight excluding hydrogens is 149 g/mol. The van der Waals surface area contributed by atoms with Crippen molar-refractivity contribution in [3.63, 3.8) is 0 Å². The van der Waals surface area contributed by atoms with Crippen LogP contribution in [-0.4, -0.2) is 14.2 Å². The normalized spacial score (nSPS) is 11.1. The van der Waals surface area contributed by atoms with E-state index in [0.29, 0.717) is 0 Å². The summed E-state index contributed by atoms with van der Waals surface area (Å²) in [6, 6.07) is 0. The van der Waals surface area contributed by atoms with Crippen LogP contribution in [0.1, 0.15) is 15.3 Å². The van der Waals surface area contributed by atoms with E-state index >= 15 is 0 Å². The first-order valence-corrected chi connectivity index (χ1v) is 4.14. The molecule has 0 aliphatic rings. The Kier molecular flexibility index (Phi) is 6.54. The molecule has 0 amide bonds. The van der Waals surface area contributed by atoms with E-state index in [0.717, 1.165) is 0 Å². The van der Waals surface area contributed by atoms with Crippen LogP contribution in [0, 0.1) is 5.92 Å². The number of primary sulfonamides is 1. The zero-order chi connectivity index (χ0) is 6.78. The smallest absolute Gasteiger partial charge is 1.00 e. The Labute approximate surface area is 79.8 Å². The molecule has 0 aliphatic heterocycles. The van der Waals surface area contributed by atoms with Gasteiger partial charge in [-0.1, -0.05) is 13.8 Å². The van der Waals surface area contributed by atoms with Crippen LogP contribution in [-0.2, 0) is 10.0 Å². The molecule has 0 heterocycles. The van der Waals surface area contributed by atoms with Crippen molar-refractivity contribution in [3.8, 4) is 0 Å². The Balaban J connectivity index is -0.000000245. The Hall–Kier alpha value is 0.910. The molecule has 0 aromatic carbocycles. The fourth-order valence-corrected chi connectivity index (χ4v) is 1.39. The predicted octanol–water partition coefficient (Wildman–Crippen LogP) is -2.95. The third-order valence-corrected chi connectivity index (χ3v) is 1.70. The van der Waals surface area contributed by atoms with Crippen molar-refractivity contribution in [2.75, 3.05) is 5.75 Å². The average molecular weight is 161 g/mol. The van der Waals surface area contributed by atoms with Crippen molar-refractivity contribution in [2.24, 2.45) is 11.1 Å². The van der Waals surface area contributed by atoms with E-state index in [4.69, 9.17) is 5.14 Å². The standard InChI is InChI=1S/C4H11NO2S.Na.H/c1-4(2)3-8(5,6)7;;/h4H,3H2,1-2H3,(H2,5,6,7);;/q;+1;-1. The van der Waals surface area contributed by atoms with Crippen molar-refractivity contribution < 1.29 is 39.4 Å². The first-order valence-electron chi connectivity index (χ1n) is 2.42. The van der Waals surface area contributed by atoms with Gasteiger partial charge in [0.25, 0.3) is 0 Å². The van der Waals surface area contributed by atoms with Crippen LogP contribution in [0.4, 0.5) is 0 Å². The van der Waals surface area contributed by atoms with Gasteiger partial charge in [-0.2, -0.15) is 0 Å². The Bertz CT molecular complexity index is 157. The monoisotopic (exact) mass is 161 g/mol. The fourth-order valence-electron chi connectivity index (χ4n) is 0.465. The molecule has 5 heteroatoms. The second-order valence-electron chi connectivity index (χ2n) is 2.22. The molecule has 52 valence electrons. The predicted molar refractivity (Wildman–Crippen MR) is 33.9 cm³/mol. The minimum Gasteiger partial charge on any atom is -1.00 e. The zero-order valence-corrected chi connectivity index (χ0v) is 8.90. The summed E-state index contributed by atoms with van der Waals surface area (Å²) in [5.74, 6) is 0.206. The molecule has 0 atom stereocenters. The maximum atomic E-state index is 10.2. The number of nitrogens with two attached hydrogens (primary N) is 1. The first-order chi connectivity index (χ1) is 3.42. The van der Waals surface area contributed by atoms with Gasteiger partial charge in [-0.15, -0.1) is 0 Å². The maximum Gasteiger partial charge on any atom is 1.00 e. The molecule has 0 aromatic heterocycles. The van der Waals surface area contributed by atoms with Crippen molar-refractivity contribution in [1.82, 2.24) is 0 Å². The number of sulfonamides is 1. The molecule has 2 N–H and O–H groups in total. The molecule has 0 radical (unpaired) electrons. The fraction of sp³-hybridized carbons (Fsp3) is 1.00. The van der Waals surface area contributed by atoms with E-state index in [1.165, 1.54) is 0 Å². The molecular formula is C4H12NNaO2S. The van der Waals surface area contributed by atoms with Gasteiger partial charge in [0.2, 0.25) is 10.0 Å². The van der Waals surface area contributed by atoms with Gasteiger partial charge >= 0.3 is 29.6 Å². The minimum atomic E-state index is -3.22. The molecule has 3 nitrogen and oxygen atoms in total. The molecule has 9 heavy (non-hydrogen) atoms. The van der Waals surface area contributed by atoms with E-state index in [1.807, 2.05) is 13.8 Å². The van der Waals surface area contributed by atoms with Crippen molar-refractivity contribution in [2.45, 2.75) is 13.8 Å². The molecule has 0 bridgehead atoms. The van der Waals surface area contributed by atoms with Crippen LogP contribution in [0.2, 0.25) is 0 Å². The van der Waals surface area contributed by atoms with E-state index < -0.39 is 10.0 Å². The van der Waals surface area contributed by atoms with Gasteiger partial charge in [0.15, 0.2) is 0 Å². The van der Waals surface area contributed by atoms with E-state index in [-0.39, 0.29) is 42.7 Å². The quantitative estimate of drug-likeness (QED) is 0.440.